The molecule has 4 aromatic carbocycles. The van der Waals surface area contributed by atoms with Crippen LogP contribution in [-0.2, 0) is 4.75 Å². The molecule has 0 saturated heterocycles. The molecule has 0 nitrogen and oxygen atoms in total. The van der Waals surface area contributed by atoms with E-state index in [0.29, 0.717) is 11.8 Å². The van der Waals surface area contributed by atoms with Gasteiger partial charge in [-0.15, -0.1) is 0 Å². The zero-order chi connectivity index (χ0) is 21.8. The summed E-state index contributed by atoms with van der Waals surface area (Å²) in [7, 11) is 0. The van der Waals surface area contributed by atoms with Crippen LogP contribution in [-0.4, -0.2) is 0 Å². The molecule has 0 aromatic heterocycles. The van der Waals surface area contributed by atoms with Gasteiger partial charge in [-0.1, -0.05) is 123 Å². The molecule has 0 saturated carbocycles. The van der Waals surface area contributed by atoms with Crippen LogP contribution in [0.25, 0.3) is 0 Å². The summed E-state index contributed by atoms with van der Waals surface area (Å²) in [5, 5.41) is 0. The molecule has 0 amide bonds. The van der Waals surface area contributed by atoms with Gasteiger partial charge in [0.2, 0.25) is 0 Å². The third kappa shape index (κ3) is 4.62. The van der Waals surface area contributed by atoms with E-state index in [2.05, 4.69) is 130 Å². The highest BCUT2D eigenvalue weighted by Crippen LogP contribution is 2.40. The van der Waals surface area contributed by atoms with Crippen LogP contribution in [0.15, 0.2) is 109 Å². The van der Waals surface area contributed by atoms with Gasteiger partial charge >= 0.3 is 0 Å². The summed E-state index contributed by atoms with van der Waals surface area (Å²) >= 11 is 5.17. The van der Waals surface area contributed by atoms with E-state index in [0.717, 1.165) is 0 Å². The molecule has 4 aromatic rings. The van der Waals surface area contributed by atoms with E-state index in [-0.39, 0.29) is 4.75 Å². The van der Waals surface area contributed by atoms with Crippen molar-refractivity contribution in [1.29, 1.82) is 0 Å². The lowest BCUT2D eigenvalue weighted by atomic mass is 9.82. The van der Waals surface area contributed by atoms with E-state index in [1.54, 1.807) is 0 Å². The summed E-state index contributed by atoms with van der Waals surface area (Å²) < 4.78 is -0.376. The second-order valence-electron chi connectivity index (χ2n) is 8.59. The molecule has 1 heteroatoms. The van der Waals surface area contributed by atoms with Crippen molar-refractivity contribution in [3.63, 3.8) is 0 Å². The van der Waals surface area contributed by atoms with Crippen LogP contribution in [0.5, 0.6) is 0 Å². The average molecular weight is 423 g/mol. The standard InChI is InChI=1S/C30H30S/c1-22(24-13-7-4-8-14-24)26-19-27(23(2)25-15-9-5-10-16-25)21-29(20-26)30(3,31)28-17-11-6-12-18-28/h4-23,31H,1-3H3. The molecular weight excluding hydrogens is 392 g/mol. The van der Waals surface area contributed by atoms with Crippen LogP contribution in [0, 0.1) is 0 Å². The fraction of sp³-hybridized carbons (Fsp3) is 0.200. The number of hydrogen-bond donors (Lipinski definition) is 1. The molecule has 0 aliphatic heterocycles. The monoisotopic (exact) mass is 422 g/mol. The number of thiol groups is 1. The van der Waals surface area contributed by atoms with Crippen LogP contribution in [0.1, 0.15) is 66.0 Å². The maximum Gasteiger partial charge on any atom is 0.0598 e. The van der Waals surface area contributed by atoms with Gasteiger partial charge in [0.25, 0.3) is 0 Å². The Bertz CT molecular complexity index is 1050. The van der Waals surface area contributed by atoms with Gasteiger partial charge in [-0.2, -0.15) is 12.6 Å². The van der Waals surface area contributed by atoms with E-state index < -0.39 is 0 Å². The molecule has 4 rings (SSSR count). The number of hydrogen-bond acceptors (Lipinski definition) is 1. The first-order valence-electron chi connectivity index (χ1n) is 11.0. The van der Waals surface area contributed by atoms with E-state index in [1.807, 2.05) is 0 Å². The first-order valence-corrected chi connectivity index (χ1v) is 11.4. The minimum absolute atomic E-state index is 0.308. The zero-order valence-corrected chi connectivity index (χ0v) is 19.4. The second-order valence-corrected chi connectivity index (χ2v) is 9.49. The maximum absolute atomic E-state index is 5.17. The Morgan fingerprint density at radius 3 is 1.32 bits per heavy atom. The van der Waals surface area contributed by atoms with Crippen LogP contribution in [0.2, 0.25) is 0 Å². The molecular formula is C30H30S. The SMILES string of the molecule is CC(c1ccccc1)c1cc(C(C)c2ccccc2)cc(C(C)(S)c2ccccc2)c1. The van der Waals surface area contributed by atoms with Gasteiger partial charge < -0.3 is 0 Å². The summed E-state index contributed by atoms with van der Waals surface area (Å²) in [4.78, 5) is 0. The molecule has 0 radical (unpaired) electrons. The van der Waals surface area contributed by atoms with Crippen LogP contribution >= 0.6 is 12.6 Å². The molecule has 3 unspecified atom stereocenters. The Kier molecular flexibility index (Phi) is 6.34. The van der Waals surface area contributed by atoms with Gasteiger partial charge in [0, 0.05) is 11.8 Å². The largest absolute Gasteiger partial charge is 0.163 e. The lowest BCUT2D eigenvalue weighted by Crippen LogP contribution is -2.17. The van der Waals surface area contributed by atoms with Gasteiger partial charge in [-0.3, -0.25) is 0 Å². The second kappa shape index (κ2) is 9.16. The molecule has 0 aliphatic carbocycles. The van der Waals surface area contributed by atoms with Crippen molar-refractivity contribution >= 4 is 12.6 Å². The normalized spacial score (nSPS) is 15.1. The zero-order valence-electron chi connectivity index (χ0n) is 18.5. The first-order chi connectivity index (χ1) is 15.0. The smallest absolute Gasteiger partial charge is 0.0598 e. The highest BCUT2D eigenvalue weighted by molar-refractivity contribution is 7.81. The lowest BCUT2D eigenvalue weighted by Gasteiger charge is -2.28. The highest BCUT2D eigenvalue weighted by atomic mass is 32.1. The Morgan fingerprint density at radius 2 is 0.903 bits per heavy atom. The quantitative estimate of drug-likeness (QED) is 0.298. The fourth-order valence-corrected chi connectivity index (χ4v) is 4.53. The van der Waals surface area contributed by atoms with Crippen molar-refractivity contribution in [3.05, 3.63) is 143 Å². The van der Waals surface area contributed by atoms with Crippen LogP contribution < -0.4 is 0 Å². The van der Waals surface area contributed by atoms with Gasteiger partial charge in [0.15, 0.2) is 0 Å². The maximum atomic E-state index is 5.17. The summed E-state index contributed by atoms with van der Waals surface area (Å²) in [5.74, 6) is 0.616. The summed E-state index contributed by atoms with van der Waals surface area (Å²) in [5.41, 5.74) is 7.77. The van der Waals surface area contributed by atoms with Crippen molar-refractivity contribution < 1.29 is 0 Å². The molecule has 0 N–H and O–H groups in total. The molecule has 156 valence electrons. The Balaban J connectivity index is 1.84. The Morgan fingerprint density at radius 1 is 0.516 bits per heavy atom. The Hall–Kier alpha value is -2.77. The number of benzene rings is 4. The van der Waals surface area contributed by atoms with Crippen molar-refractivity contribution in [1.82, 2.24) is 0 Å². The van der Waals surface area contributed by atoms with E-state index in [1.165, 1.54) is 33.4 Å². The molecule has 0 fully saturated rings. The summed E-state index contributed by atoms with van der Waals surface area (Å²) in [6.45, 7) is 6.79. The van der Waals surface area contributed by atoms with E-state index in [4.69, 9.17) is 12.6 Å². The third-order valence-electron chi connectivity index (χ3n) is 6.47. The molecule has 0 heterocycles. The minimum atomic E-state index is -0.376. The fourth-order valence-electron chi connectivity index (χ4n) is 4.26. The molecule has 0 bridgehead atoms. The van der Waals surface area contributed by atoms with Crippen molar-refractivity contribution in [2.45, 2.75) is 37.4 Å². The summed E-state index contributed by atoms with van der Waals surface area (Å²) in [6, 6.07) is 39.2. The van der Waals surface area contributed by atoms with Crippen molar-refractivity contribution in [2.24, 2.45) is 0 Å². The van der Waals surface area contributed by atoms with Gasteiger partial charge in [-0.25, -0.2) is 0 Å². The predicted octanol–water partition coefficient (Wildman–Crippen LogP) is 8.18. The molecule has 3 atom stereocenters. The molecule has 0 aliphatic rings. The molecule has 0 spiro atoms. The first kappa shape index (κ1) is 21.5. The van der Waals surface area contributed by atoms with Gasteiger partial charge in [-0.05, 0) is 40.3 Å². The van der Waals surface area contributed by atoms with Crippen LogP contribution in [0.4, 0.5) is 0 Å². The van der Waals surface area contributed by atoms with Crippen molar-refractivity contribution in [2.75, 3.05) is 0 Å². The van der Waals surface area contributed by atoms with Gasteiger partial charge in [0.05, 0.1) is 4.75 Å². The van der Waals surface area contributed by atoms with E-state index in [9.17, 15) is 0 Å². The van der Waals surface area contributed by atoms with Crippen LogP contribution in [0.3, 0.4) is 0 Å². The summed E-state index contributed by atoms with van der Waals surface area (Å²) in [6.07, 6.45) is 0. The van der Waals surface area contributed by atoms with Gasteiger partial charge in [0.1, 0.15) is 0 Å². The third-order valence-corrected chi connectivity index (χ3v) is 6.99. The lowest BCUT2D eigenvalue weighted by molar-refractivity contribution is 0.819. The topological polar surface area (TPSA) is 0 Å². The average Bonchev–Trinajstić information content (AvgIpc) is 2.84. The highest BCUT2D eigenvalue weighted by Gasteiger charge is 2.26. The number of rotatable bonds is 6. The van der Waals surface area contributed by atoms with Crippen molar-refractivity contribution in [3.8, 4) is 0 Å². The Labute approximate surface area is 192 Å². The van der Waals surface area contributed by atoms with E-state index >= 15 is 0 Å². The predicted molar refractivity (Wildman–Crippen MR) is 136 cm³/mol. The minimum Gasteiger partial charge on any atom is -0.163 e. The molecule has 31 heavy (non-hydrogen) atoms.